The van der Waals surface area contributed by atoms with Crippen LogP contribution in [0.3, 0.4) is 0 Å². The monoisotopic (exact) mass is 142 g/mol. The van der Waals surface area contributed by atoms with Crippen LogP contribution in [0.1, 0.15) is 34.1 Å². The summed E-state index contributed by atoms with van der Waals surface area (Å²) in [5.74, 6) is 0.731. The predicted molar refractivity (Wildman–Crippen MR) is 48.0 cm³/mol. The molecule has 0 fully saturated rings. The van der Waals surface area contributed by atoms with Gasteiger partial charge in [0.25, 0.3) is 7.55 Å². The molecule has 2 nitrogen and oxygen atoms in total. The van der Waals surface area contributed by atoms with Crippen LogP contribution in [0.5, 0.6) is 0 Å². The molecule has 0 aliphatic heterocycles. The molecule has 0 spiro atoms. The van der Waals surface area contributed by atoms with Crippen LogP contribution in [0, 0.1) is 5.92 Å². The van der Waals surface area contributed by atoms with Gasteiger partial charge < -0.3 is 10.9 Å². The molecule has 0 rings (SSSR count). The highest BCUT2D eigenvalue weighted by atomic mass is 14.9. The van der Waals surface area contributed by atoms with Crippen LogP contribution in [0.25, 0.3) is 0 Å². The van der Waals surface area contributed by atoms with E-state index in [9.17, 15) is 0 Å². The van der Waals surface area contributed by atoms with Crippen LogP contribution in [0.4, 0.5) is 0 Å². The lowest BCUT2D eigenvalue weighted by Crippen LogP contribution is -2.45. The molecule has 0 saturated carbocycles. The van der Waals surface area contributed by atoms with Crippen molar-refractivity contribution in [1.82, 2.24) is 5.23 Å². The zero-order chi connectivity index (χ0) is 8.20. The van der Waals surface area contributed by atoms with E-state index in [1.54, 1.807) is 0 Å². The van der Waals surface area contributed by atoms with Gasteiger partial charge in [0, 0.05) is 5.54 Å². The smallest absolute Gasteiger partial charge is 0.283 e. The summed E-state index contributed by atoms with van der Waals surface area (Å²) in [6.45, 7) is 8.81. The second-order valence-electron chi connectivity index (χ2n) is 3.86. The molecule has 0 aliphatic rings. The van der Waals surface area contributed by atoms with Gasteiger partial charge in [-0.25, -0.2) is 0 Å². The van der Waals surface area contributed by atoms with Crippen LogP contribution in [0.2, 0.25) is 0 Å². The van der Waals surface area contributed by atoms with Crippen molar-refractivity contribution in [2.45, 2.75) is 39.7 Å². The minimum atomic E-state index is 0.197. The first-order chi connectivity index (χ1) is 4.48. The Morgan fingerprint density at radius 2 is 2.00 bits per heavy atom. The van der Waals surface area contributed by atoms with E-state index in [4.69, 9.17) is 5.64 Å². The maximum Gasteiger partial charge on any atom is 0.283 e. The van der Waals surface area contributed by atoms with Gasteiger partial charge in [-0.15, -0.1) is 0 Å². The quantitative estimate of drug-likeness (QED) is 0.565. The summed E-state index contributed by atoms with van der Waals surface area (Å²) >= 11 is 0. The second kappa shape index (κ2) is 3.99. The molecule has 0 bridgehead atoms. The fourth-order valence-electron chi connectivity index (χ4n) is 1.37. The highest BCUT2D eigenvalue weighted by Gasteiger charge is 2.16. The normalized spacial score (nSPS) is 12.2. The van der Waals surface area contributed by atoms with E-state index < -0.39 is 0 Å². The Morgan fingerprint density at radius 3 is 2.30 bits per heavy atom. The van der Waals surface area contributed by atoms with Crippen LogP contribution >= 0.6 is 0 Å². The van der Waals surface area contributed by atoms with Crippen molar-refractivity contribution in [2.75, 3.05) is 0 Å². The van der Waals surface area contributed by atoms with Crippen molar-refractivity contribution in [2.24, 2.45) is 11.6 Å². The Hall–Kier alpha value is -0.0151. The molecule has 0 aromatic carbocycles. The molecule has 0 aromatic rings. The lowest BCUT2D eigenvalue weighted by Gasteiger charge is -2.27. The van der Waals surface area contributed by atoms with Crippen molar-refractivity contribution >= 4 is 7.55 Å². The lowest BCUT2D eigenvalue weighted by molar-refractivity contribution is 0.370. The first-order valence-corrected chi connectivity index (χ1v) is 3.93. The van der Waals surface area contributed by atoms with E-state index in [2.05, 4.69) is 32.9 Å². The van der Waals surface area contributed by atoms with E-state index in [-0.39, 0.29) is 5.54 Å². The molecule has 0 saturated heterocycles. The molecule has 0 atom stereocenters. The van der Waals surface area contributed by atoms with Crippen LogP contribution in [-0.4, -0.2) is 13.1 Å². The van der Waals surface area contributed by atoms with Crippen LogP contribution in [0.15, 0.2) is 0 Å². The third kappa shape index (κ3) is 4.83. The number of hydrogen-bond donors (Lipinski definition) is 2. The van der Waals surface area contributed by atoms with E-state index in [1.807, 2.05) is 0 Å². The molecular formula is C7H19BN2. The van der Waals surface area contributed by atoms with Gasteiger partial charge in [-0.05, 0) is 26.2 Å². The summed E-state index contributed by atoms with van der Waals surface area (Å²) in [5.41, 5.74) is 5.58. The van der Waals surface area contributed by atoms with Gasteiger partial charge in [0.15, 0.2) is 0 Å². The maximum absolute atomic E-state index is 5.38. The van der Waals surface area contributed by atoms with Gasteiger partial charge in [-0.2, -0.15) is 0 Å². The molecule has 60 valence electrons. The minimum absolute atomic E-state index is 0.197. The standard InChI is InChI=1S/C7H19BN2/c1-6(2)5-7(3,4)10-8-9/h6,8,10H,5,9H2,1-4H3. The fourth-order valence-corrected chi connectivity index (χ4v) is 1.37. The molecule has 0 amide bonds. The van der Waals surface area contributed by atoms with Crippen molar-refractivity contribution in [1.29, 1.82) is 0 Å². The predicted octanol–water partition coefficient (Wildman–Crippen LogP) is 0.626. The SMILES string of the molecule is CC(C)CC(C)(C)NBN. The lowest BCUT2D eigenvalue weighted by atomic mass is 9.90. The zero-order valence-electron chi connectivity index (χ0n) is 7.57. The van der Waals surface area contributed by atoms with Crippen molar-refractivity contribution in [3.8, 4) is 0 Å². The van der Waals surface area contributed by atoms with Crippen molar-refractivity contribution in [3.63, 3.8) is 0 Å². The zero-order valence-corrected chi connectivity index (χ0v) is 7.57. The number of nitrogens with two attached hydrogens (primary N) is 1. The van der Waals surface area contributed by atoms with E-state index in [0.29, 0.717) is 7.55 Å². The summed E-state index contributed by atoms with van der Waals surface area (Å²) in [6.07, 6.45) is 1.17. The molecule has 0 aliphatic carbocycles. The highest BCUT2D eigenvalue weighted by Crippen LogP contribution is 2.14. The van der Waals surface area contributed by atoms with Gasteiger partial charge in [-0.3, -0.25) is 0 Å². The third-order valence-corrected chi connectivity index (χ3v) is 1.50. The summed E-state index contributed by atoms with van der Waals surface area (Å²) in [4.78, 5) is 0. The summed E-state index contributed by atoms with van der Waals surface area (Å²) in [6, 6.07) is 0. The molecule has 0 heterocycles. The molecule has 10 heavy (non-hydrogen) atoms. The Bertz CT molecular complexity index is 91.6. The van der Waals surface area contributed by atoms with Gasteiger partial charge in [0.1, 0.15) is 0 Å². The third-order valence-electron chi connectivity index (χ3n) is 1.50. The maximum atomic E-state index is 5.38. The Kier molecular flexibility index (Phi) is 3.98. The number of hydrogen-bond acceptors (Lipinski definition) is 2. The Labute approximate surface area is 64.9 Å². The molecular weight excluding hydrogens is 123 g/mol. The second-order valence-corrected chi connectivity index (χ2v) is 3.86. The van der Waals surface area contributed by atoms with Gasteiger partial charge in [0.2, 0.25) is 0 Å². The average Bonchev–Trinajstić information content (AvgIpc) is 1.59. The molecule has 3 heteroatoms. The molecule has 0 unspecified atom stereocenters. The van der Waals surface area contributed by atoms with Gasteiger partial charge in [-0.1, -0.05) is 13.8 Å². The Balaban J connectivity index is 3.63. The molecule has 0 aromatic heterocycles. The Morgan fingerprint density at radius 1 is 1.50 bits per heavy atom. The number of rotatable bonds is 4. The highest BCUT2D eigenvalue weighted by molar-refractivity contribution is 6.27. The summed E-state index contributed by atoms with van der Waals surface area (Å²) in [5, 5.41) is 3.23. The summed E-state index contributed by atoms with van der Waals surface area (Å²) < 4.78 is 0. The molecule has 0 radical (unpaired) electrons. The van der Waals surface area contributed by atoms with Crippen LogP contribution < -0.4 is 10.9 Å². The van der Waals surface area contributed by atoms with E-state index in [0.717, 1.165) is 5.92 Å². The average molecular weight is 142 g/mol. The van der Waals surface area contributed by atoms with Crippen molar-refractivity contribution < 1.29 is 0 Å². The topological polar surface area (TPSA) is 38.0 Å². The fraction of sp³-hybridized carbons (Fsp3) is 1.00. The number of nitrogens with one attached hydrogen (secondary N) is 1. The minimum Gasteiger partial charge on any atom is -0.359 e. The molecule has 3 N–H and O–H groups in total. The van der Waals surface area contributed by atoms with Crippen LogP contribution in [-0.2, 0) is 0 Å². The van der Waals surface area contributed by atoms with Gasteiger partial charge in [0.05, 0.1) is 0 Å². The first kappa shape index (κ1) is 9.98. The van der Waals surface area contributed by atoms with Gasteiger partial charge >= 0.3 is 0 Å². The largest absolute Gasteiger partial charge is 0.359 e. The first-order valence-electron chi connectivity index (χ1n) is 3.93. The summed E-state index contributed by atoms with van der Waals surface area (Å²) in [7, 11) is 0.569. The van der Waals surface area contributed by atoms with E-state index in [1.165, 1.54) is 6.42 Å². The van der Waals surface area contributed by atoms with Crippen molar-refractivity contribution in [3.05, 3.63) is 0 Å². The van der Waals surface area contributed by atoms with E-state index >= 15 is 0 Å².